The van der Waals surface area contributed by atoms with Crippen molar-refractivity contribution in [1.29, 1.82) is 0 Å². The zero-order valence-corrected chi connectivity index (χ0v) is 11.9. The van der Waals surface area contributed by atoms with Gasteiger partial charge >= 0.3 is 0 Å². The fourth-order valence-electron chi connectivity index (χ4n) is 2.20. The molecule has 1 aromatic rings. The number of rotatable bonds is 2. The van der Waals surface area contributed by atoms with Crippen molar-refractivity contribution in [2.24, 2.45) is 11.7 Å². The molecular weight excluding hydrogens is 264 g/mol. The second kappa shape index (κ2) is 4.94. The molecule has 104 valence electrons. The first kappa shape index (κ1) is 14.0. The second-order valence-electron chi connectivity index (χ2n) is 5.15. The van der Waals surface area contributed by atoms with Crippen LogP contribution in [0.2, 0.25) is 0 Å². The zero-order valence-electron chi connectivity index (χ0n) is 11.0. The molecule has 1 aliphatic rings. The van der Waals surface area contributed by atoms with E-state index in [9.17, 15) is 13.2 Å². The summed E-state index contributed by atoms with van der Waals surface area (Å²) in [6.07, 6.45) is 1.13. The van der Waals surface area contributed by atoms with Gasteiger partial charge in [0.15, 0.2) is 9.84 Å². The molecule has 2 atom stereocenters. The van der Waals surface area contributed by atoms with Crippen molar-refractivity contribution in [3.63, 3.8) is 0 Å². The minimum absolute atomic E-state index is 0.0120. The van der Waals surface area contributed by atoms with Crippen LogP contribution in [0.15, 0.2) is 29.2 Å². The van der Waals surface area contributed by atoms with Crippen molar-refractivity contribution in [1.82, 2.24) is 4.90 Å². The Morgan fingerprint density at radius 3 is 2.58 bits per heavy atom. The van der Waals surface area contributed by atoms with Crippen molar-refractivity contribution in [2.45, 2.75) is 17.9 Å². The molecule has 6 heteroatoms. The van der Waals surface area contributed by atoms with E-state index < -0.39 is 9.84 Å². The van der Waals surface area contributed by atoms with Gasteiger partial charge in [0.1, 0.15) is 0 Å². The van der Waals surface area contributed by atoms with Gasteiger partial charge in [-0.1, -0.05) is 13.0 Å². The molecular formula is C13H18N2O3S. The molecule has 0 saturated carbocycles. The van der Waals surface area contributed by atoms with Gasteiger partial charge in [-0.2, -0.15) is 0 Å². The van der Waals surface area contributed by atoms with Crippen LogP contribution < -0.4 is 5.73 Å². The Hall–Kier alpha value is -1.40. The van der Waals surface area contributed by atoms with E-state index in [-0.39, 0.29) is 22.8 Å². The fourth-order valence-corrected chi connectivity index (χ4v) is 2.87. The number of carbonyl (C=O) groups is 1. The smallest absolute Gasteiger partial charge is 0.253 e. The Balaban J connectivity index is 2.26. The first-order chi connectivity index (χ1) is 8.79. The molecule has 5 nitrogen and oxygen atoms in total. The standard InChI is InChI=1S/C13H18N2O3S/c1-9-7-15(8-12(9)14)13(16)10-4-3-5-11(6-10)19(2,17)18/h3-6,9,12H,7-8,14H2,1-2H3. The van der Waals surface area contributed by atoms with Crippen LogP contribution in [0.5, 0.6) is 0 Å². The van der Waals surface area contributed by atoms with Gasteiger partial charge in [-0.05, 0) is 24.1 Å². The molecule has 0 aliphatic carbocycles. The van der Waals surface area contributed by atoms with E-state index in [1.165, 1.54) is 12.1 Å². The Labute approximate surface area is 113 Å². The summed E-state index contributed by atoms with van der Waals surface area (Å²) >= 11 is 0. The van der Waals surface area contributed by atoms with Crippen molar-refractivity contribution < 1.29 is 13.2 Å². The van der Waals surface area contributed by atoms with Gasteiger partial charge in [0.2, 0.25) is 0 Å². The summed E-state index contributed by atoms with van der Waals surface area (Å²) in [5, 5.41) is 0. The highest BCUT2D eigenvalue weighted by molar-refractivity contribution is 7.90. The maximum Gasteiger partial charge on any atom is 0.253 e. The normalized spacial score (nSPS) is 23.6. The summed E-state index contributed by atoms with van der Waals surface area (Å²) in [7, 11) is -3.30. The van der Waals surface area contributed by atoms with Crippen LogP contribution >= 0.6 is 0 Å². The first-order valence-electron chi connectivity index (χ1n) is 6.14. The van der Waals surface area contributed by atoms with E-state index in [1.54, 1.807) is 17.0 Å². The van der Waals surface area contributed by atoms with Gasteiger partial charge < -0.3 is 10.6 Å². The van der Waals surface area contributed by atoms with Crippen LogP contribution in [0.25, 0.3) is 0 Å². The van der Waals surface area contributed by atoms with E-state index in [0.29, 0.717) is 18.7 Å². The molecule has 19 heavy (non-hydrogen) atoms. The lowest BCUT2D eigenvalue weighted by molar-refractivity contribution is 0.0786. The SMILES string of the molecule is CC1CN(C(=O)c2cccc(S(C)(=O)=O)c2)CC1N. The molecule has 2 rings (SSSR count). The number of nitrogens with zero attached hydrogens (tertiary/aromatic N) is 1. The molecule has 1 saturated heterocycles. The Kier molecular flexibility index (Phi) is 3.64. The van der Waals surface area contributed by atoms with E-state index in [1.807, 2.05) is 6.92 Å². The van der Waals surface area contributed by atoms with Crippen LogP contribution in [0.1, 0.15) is 17.3 Å². The number of nitrogens with two attached hydrogens (primary N) is 1. The summed E-state index contributed by atoms with van der Waals surface area (Å²) in [6.45, 7) is 3.14. The summed E-state index contributed by atoms with van der Waals surface area (Å²) in [5.74, 6) is 0.104. The van der Waals surface area contributed by atoms with Crippen molar-refractivity contribution in [2.75, 3.05) is 19.3 Å². The van der Waals surface area contributed by atoms with Crippen molar-refractivity contribution in [3.05, 3.63) is 29.8 Å². The molecule has 0 aromatic heterocycles. The lowest BCUT2D eigenvalue weighted by Crippen LogP contribution is -2.32. The summed E-state index contributed by atoms with van der Waals surface area (Å²) < 4.78 is 23.0. The lowest BCUT2D eigenvalue weighted by Gasteiger charge is -2.16. The molecule has 1 heterocycles. The van der Waals surface area contributed by atoms with Crippen molar-refractivity contribution >= 4 is 15.7 Å². The van der Waals surface area contributed by atoms with Gasteiger partial charge in [-0.3, -0.25) is 4.79 Å². The molecule has 1 aromatic carbocycles. The third kappa shape index (κ3) is 2.96. The molecule has 0 spiro atoms. The van der Waals surface area contributed by atoms with Crippen molar-refractivity contribution in [3.8, 4) is 0 Å². The van der Waals surface area contributed by atoms with E-state index in [4.69, 9.17) is 5.73 Å². The molecule has 2 unspecified atom stereocenters. The maximum atomic E-state index is 12.3. The fraction of sp³-hybridized carbons (Fsp3) is 0.462. The zero-order chi connectivity index (χ0) is 14.2. The van der Waals surface area contributed by atoms with Crippen LogP contribution in [0.4, 0.5) is 0 Å². The lowest BCUT2D eigenvalue weighted by atomic mass is 10.1. The average Bonchev–Trinajstić information content (AvgIpc) is 2.68. The van der Waals surface area contributed by atoms with Crippen LogP contribution in [0.3, 0.4) is 0 Å². The second-order valence-corrected chi connectivity index (χ2v) is 7.17. The Bertz CT molecular complexity index is 588. The highest BCUT2D eigenvalue weighted by Crippen LogP contribution is 2.19. The highest BCUT2D eigenvalue weighted by Gasteiger charge is 2.30. The predicted molar refractivity (Wildman–Crippen MR) is 72.6 cm³/mol. The summed E-state index contributed by atoms with van der Waals surface area (Å²) in [6, 6.07) is 6.12. The molecule has 1 aliphatic heterocycles. The molecule has 0 bridgehead atoms. The molecule has 1 fully saturated rings. The molecule has 2 N–H and O–H groups in total. The molecule has 1 amide bonds. The maximum absolute atomic E-state index is 12.3. The van der Waals surface area contributed by atoms with Gasteiger partial charge in [-0.25, -0.2) is 8.42 Å². The number of hydrogen-bond acceptors (Lipinski definition) is 4. The van der Waals surface area contributed by atoms with Gasteiger partial charge in [0.25, 0.3) is 5.91 Å². The minimum atomic E-state index is -3.30. The summed E-state index contributed by atoms with van der Waals surface area (Å²) in [4.78, 5) is 14.1. The molecule has 0 radical (unpaired) electrons. The quantitative estimate of drug-likeness (QED) is 0.857. The third-order valence-corrected chi connectivity index (χ3v) is 4.58. The number of benzene rings is 1. The van der Waals surface area contributed by atoms with Crippen LogP contribution in [-0.2, 0) is 9.84 Å². The first-order valence-corrected chi connectivity index (χ1v) is 8.03. The van der Waals surface area contributed by atoms with Gasteiger partial charge in [0, 0.05) is 31.0 Å². The van der Waals surface area contributed by atoms with Crippen LogP contribution in [0, 0.1) is 5.92 Å². The highest BCUT2D eigenvalue weighted by atomic mass is 32.2. The average molecular weight is 282 g/mol. The largest absolute Gasteiger partial charge is 0.337 e. The Morgan fingerprint density at radius 1 is 1.37 bits per heavy atom. The number of hydrogen-bond donors (Lipinski definition) is 1. The van der Waals surface area contributed by atoms with Crippen LogP contribution in [-0.4, -0.2) is 44.6 Å². The van der Waals surface area contributed by atoms with E-state index in [0.717, 1.165) is 6.26 Å². The number of amides is 1. The number of sulfone groups is 1. The number of likely N-dealkylation sites (tertiary alicyclic amines) is 1. The predicted octanol–water partition coefficient (Wildman–Crippen LogP) is 0.509. The summed E-state index contributed by atoms with van der Waals surface area (Å²) in [5.41, 5.74) is 6.29. The topological polar surface area (TPSA) is 80.5 Å². The van der Waals surface area contributed by atoms with E-state index in [2.05, 4.69) is 0 Å². The third-order valence-electron chi connectivity index (χ3n) is 3.47. The monoisotopic (exact) mass is 282 g/mol. The van der Waals surface area contributed by atoms with Gasteiger partial charge in [0.05, 0.1) is 4.90 Å². The minimum Gasteiger partial charge on any atom is -0.337 e. The Morgan fingerprint density at radius 2 is 2.05 bits per heavy atom. The van der Waals surface area contributed by atoms with Gasteiger partial charge in [-0.15, -0.1) is 0 Å². The van der Waals surface area contributed by atoms with E-state index >= 15 is 0 Å². The number of carbonyl (C=O) groups excluding carboxylic acids is 1.